The minimum atomic E-state index is -4.78. The van der Waals surface area contributed by atoms with Crippen LogP contribution < -0.4 is 10.2 Å². The third kappa shape index (κ3) is 3.47. The summed E-state index contributed by atoms with van der Waals surface area (Å²) < 4.78 is 53.0. The van der Waals surface area contributed by atoms with Crippen LogP contribution in [0.25, 0.3) is 10.9 Å². The van der Waals surface area contributed by atoms with Crippen molar-refractivity contribution in [3.8, 4) is 0 Å². The second-order valence-corrected chi connectivity index (χ2v) is 5.60. The predicted molar refractivity (Wildman–Crippen MR) is 88.5 cm³/mol. The third-order valence-electron chi connectivity index (χ3n) is 3.58. The summed E-state index contributed by atoms with van der Waals surface area (Å²) in [4.78, 5) is 8.76. The number of hydrogen-bond acceptors (Lipinski definition) is 4. The highest BCUT2D eigenvalue weighted by molar-refractivity contribution is 5.91. The lowest BCUT2D eigenvalue weighted by Crippen LogP contribution is -2.13. The largest absolute Gasteiger partial charge is 0.451 e. The van der Waals surface area contributed by atoms with Crippen LogP contribution in [0.1, 0.15) is 5.82 Å². The molecule has 3 rings (SSSR count). The molecule has 0 radical (unpaired) electrons. The average Bonchev–Trinajstić information content (AvgIpc) is 2.55. The highest BCUT2D eigenvalue weighted by Gasteiger charge is 2.36. The Balaban J connectivity index is 2.09. The van der Waals surface area contributed by atoms with E-state index in [1.54, 1.807) is 24.3 Å². The van der Waals surface area contributed by atoms with E-state index in [1.807, 2.05) is 19.0 Å². The van der Waals surface area contributed by atoms with E-state index in [-0.39, 0.29) is 16.7 Å². The summed E-state index contributed by atoms with van der Waals surface area (Å²) in [5.41, 5.74) is 1.08. The summed E-state index contributed by atoms with van der Waals surface area (Å²) in [5, 5.41) is 2.99. The topological polar surface area (TPSA) is 41.0 Å². The smallest absolute Gasteiger partial charge is 0.378 e. The summed E-state index contributed by atoms with van der Waals surface area (Å²) >= 11 is 0. The molecule has 0 aliphatic heterocycles. The molecule has 130 valence electrons. The Labute approximate surface area is 141 Å². The number of rotatable bonds is 3. The van der Waals surface area contributed by atoms with Gasteiger partial charge in [-0.2, -0.15) is 13.2 Å². The fourth-order valence-corrected chi connectivity index (χ4v) is 2.32. The Kier molecular flexibility index (Phi) is 4.20. The maximum absolute atomic E-state index is 13.9. The monoisotopic (exact) mass is 350 g/mol. The molecular formula is C17H14F4N4. The van der Waals surface area contributed by atoms with E-state index < -0.39 is 17.8 Å². The van der Waals surface area contributed by atoms with Crippen LogP contribution in [-0.2, 0) is 6.18 Å². The number of fused-ring (bicyclic) bond motifs is 1. The lowest BCUT2D eigenvalue weighted by Gasteiger charge is -2.15. The molecule has 4 nitrogen and oxygen atoms in total. The summed E-state index contributed by atoms with van der Waals surface area (Å²) in [7, 11) is 3.75. The number of hydrogen-bond donors (Lipinski definition) is 1. The summed E-state index contributed by atoms with van der Waals surface area (Å²) in [6.07, 6.45) is -4.78. The molecule has 1 heterocycles. The number of nitrogens with one attached hydrogen (secondary N) is 1. The Hall–Kier alpha value is -2.90. The molecule has 0 amide bonds. The molecule has 0 atom stereocenters. The number of halogens is 4. The molecule has 0 bridgehead atoms. The van der Waals surface area contributed by atoms with E-state index in [4.69, 9.17) is 0 Å². The molecule has 2 aromatic carbocycles. The molecule has 1 aromatic heterocycles. The Bertz CT molecular complexity index is 905. The second-order valence-electron chi connectivity index (χ2n) is 5.60. The number of benzene rings is 2. The fraction of sp³-hybridized carbons (Fsp3) is 0.176. The first kappa shape index (κ1) is 16.9. The van der Waals surface area contributed by atoms with Gasteiger partial charge in [-0.05, 0) is 36.4 Å². The van der Waals surface area contributed by atoms with Crippen molar-refractivity contribution < 1.29 is 17.6 Å². The summed E-state index contributed by atoms with van der Waals surface area (Å²) in [5.74, 6) is -2.33. The van der Waals surface area contributed by atoms with Gasteiger partial charge in [-0.1, -0.05) is 6.07 Å². The van der Waals surface area contributed by atoms with Crippen molar-refractivity contribution in [1.29, 1.82) is 0 Å². The lowest BCUT2D eigenvalue weighted by molar-refractivity contribution is -0.144. The molecule has 0 aliphatic rings. The van der Waals surface area contributed by atoms with Crippen LogP contribution in [0.4, 0.5) is 34.8 Å². The van der Waals surface area contributed by atoms with Crippen molar-refractivity contribution in [2.75, 3.05) is 24.3 Å². The minimum Gasteiger partial charge on any atom is -0.378 e. The van der Waals surface area contributed by atoms with Gasteiger partial charge in [-0.15, -0.1) is 0 Å². The van der Waals surface area contributed by atoms with E-state index >= 15 is 0 Å². The van der Waals surface area contributed by atoms with E-state index in [0.29, 0.717) is 5.69 Å². The zero-order valence-electron chi connectivity index (χ0n) is 13.4. The van der Waals surface area contributed by atoms with Gasteiger partial charge in [0.25, 0.3) is 0 Å². The number of anilines is 3. The highest BCUT2D eigenvalue weighted by Crippen LogP contribution is 2.32. The van der Waals surface area contributed by atoms with Crippen molar-refractivity contribution in [1.82, 2.24) is 9.97 Å². The molecular weight excluding hydrogens is 336 g/mol. The Morgan fingerprint density at radius 1 is 0.960 bits per heavy atom. The zero-order valence-corrected chi connectivity index (χ0v) is 13.4. The normalized spacial score (nSPS) is 11.6. The van der Waals surface area contributed by atoms with Crippen LogP contribution in [0, 0.1) is 5.82 Å². The van der Waals surface area contributed by atoms with Crippen LogP contribution in [0.2, 0.25) is 0 Å². The number of para-hydroxylation sites is 1. The van der Waals surface area contributed by atoms with Crippen molar-refractivity contribution >= 4 is 28.1 Å². The molecule has 0 saturated heterocycles. The van der Waals surface area contributed by atoms with Crippen LogP contribution in [0.15, 0.2) is 42.5 Å². The first-order valence-electron chi connectivity index (χ1n) is 7.33. The summed E-state index contributed by atoms with van der Waals surface area (Å²) in [6.45, 7) is 0. The quantitative estimate of drug-likeness (QED) is 0.701. The number of aromatic nitrogens is 2. The highest BCUT2D eigenvalue weighted by atomic mass is 19.4. The van der Waals surface area contributed by atoms with Gasteiger partial charge in [-0.25, -0.2) is 14.4 Å². The van der Waals surface area contributed by atoms with E-state index in [0.717, 1.165) is 11.8 Å². The maximum Gasteiger partial charge on any atom is 0.451 e. The van der Waals surface area contributed by atoms with Crippen LogP contribution in [0.5, 0.6) is 0 Å². The average molecular weight is 350 g/mol. The van der Waals surface area contributed by atoms with Crippen molar-refractivity contribution in [2.45, 2.75) is 6.18 Å². The van der Waals surface area contributed by atoms with Gasteiger partial charge in [0.05, 0.1) is 0 Å². The van der Waals surface area contributed by atoms with Gasteiger partial charge in [0, 0.05) is 30.9 Å². The molecule has 0 aliphatic carbocycles. The van der Waals surface area contributed by atoms with Gasteiger partial charge < -0.3 is 10.2 Å². The van der Waals surface area contributed by atoms with Gasteiger partial charge in [0.15, 0.2) is 0 Å². The molecule has 3 aromatic rings. The van der Waals surface area contributed by atoms with Gasteiger partial charge >= 0.3 is 6.18 Å². The molecule has 8 heteroatoms. The standard InChI is InChI=1S/C17H14F4N4/c1-25(2)11-8-6-10(7-9-11)22-15-12-4-3-5-13(18)14(12)23-16(24-15)17(19,20)21/h3-9H,1-2H3,(H,22,23,24). The molecule has 0 fully saturated rings. The Morgan fingerprint density at radius 3 is 2.24 bits per heavy atom. The molecule has 0 unspecified atom stereocenters. The first-order chi connectivity index (χ1) is 11.8. The lowest BCUT2D eigenvalue weighted by atomic mass is 10.2. The zero-order chi connectivity index (χ0) is 18.2. The van der Waals surface area contributed by atoms with E-state index in [2.05, 4.69) is 15.3 Å². The van der Waals surface area contributed by atoms with Gasteiger partial charge in [-0.3, -0.25) is 0 Å². The minimum absolute atomic E-state index is 0.102. The van der Waals surface area contributed by atoms with E-state index in [9.17, 15) is 17.6 Å². The summed E-state index contributed by atoms with van der Waals surface area (Å²) in [6, 6.07) is 10.9. The number of alkyl halides is 3. The molecule has 0 saturated carbocycles. The second kappa shape index (κ2) is 6.19. The molecule has 25 heavy (non-hydrogen) atoms. The molecule has 1 N–H and O–H groups in total. The Morgan fingerprint density at radius 2 is 1.64 bits per heavy atom. The van der Waals surface area contributed by atoms with E-state index in [1.165, 1.54) is 12.1 Å². The SMILES string of the molecule is CN(C)c1ccc(Nc2nc(C(F)(F)F)nc3c(F)cccc23)cc1. The fourth-order valence-electron chi connectivity index (χ4n) is 2.32. The van der Waals surface area contributed by atoms with Gasteiger partial charge in [0.2, 0.25) is 5.82 Å². The van der Waals surface area contributed by atoms with Crippen LogP contribution in [0.3, 0.4) is 0 Å². The van der Waals surface area contributed by atoms with Crippen molar-refractivity contribution in [3.05, 3.63) is 54.1 Å². The molecule has 0 spiro atoms. The third-order valence-corrected chi connectivity index (χ3v) is 3.58. The maximum atomic E-state index is 13.9. The van der Waals surface area contributed by atoms with Crippen LogP contribution in [-0.4, -0.2) is 24.1 Å². The first-order valence-corrected chi connectivity index (χ1v) is 7.33. The van der Waals surface area contributed by atoms with Gasteiger partial charge in [0.1, 0.15) is 17.2 Å². The number of nitrogens with zero attached hydrogens (tertiary/aromatic N) is 3. The van der Waals surface area contributed by atoms with Crippen LogP contribution >= 0.6 is 0 Å². The van der Waals surface area contributed by atoms with Crippen molar-refractivity contribution in [2.24, 2.45) is 0 Å². The van der Waals surface area contributed by atoms with Crippen molar-refractivity contribution in [3.63, 3.8) is 0 Å². The predicted octanol–water partition coefficient (Wildman–Crippen LogP) is 4.60.